The van der Waals surface area contributed by atoms with Gasteiger partial charge in [-0.05, 0) is 45.6 Å². The lowest BCUT2D eigenvalue weighted by Crippen LogP contribution is -2.30. The average Bonchev–Trinajstić information content (AvgIpc) is 2.05. The summed E-state index contributed by atoms with van der Waals surface area (Å²) in [6.07, 6.45) is 5.75. The van der Waals surface area contributed by atoms with Gasteiger partial charge in [-0.3, -0.25) is 0 Å². The van der Waals surface area contributed by atoms with E-state index in [0.717, 1.165) is 6.42 Å². The molecule has 0 unspecified atom stereocenters. The molecule has 70 valence electrons. The topological polar surface area (TPSA) is 29.1 Å². The molecule has 0 aromatic rings. The molecule has 0 atom stereocenters. The van der Waals surface area contributed by atoms with Crippen molar-refractivity contribution in [1.29, 1.82) is 0 Å². The maximum absolute atomic E-state index is 10.8. The summed E-state index contributed by atoms with van der Waals surface area (Å²) >= 11 is 0. The van der Waals surface area contributed by atoms with Gasteiger partial charge >= 0.3 is 0 Å². The Morgan fingerprint density at radius 2 is 1.92 bits per heavy atom. The molecule has 1 saturated carbocycles. The van der Waals surface area contributed by atoms with Gasteiger partial charge in [0, 0.05) is 12.5 Å². The Bertz CT molecular complexity index is 148. The van der Waals surface area contributed by atoms with Crippen molar-refractivity contribution in [2.45, 2.75) is 45.1 Å². The zero-order valence-electron chi connectivity index (χ0n) is 8.10. The first kappa shape index (κ1) is 9.72. The lowest BCUT2D eigenvalue weighted by molar-refractivity contribution is -0.118. The molecule has 1 rings (SSSR count). The van der Waals surface area contributed by atoms with Gasteiger partial charge in [0.25, 0.3) is 0 Å². The lowest BCUT2D eigenvalue weighted by atomic mass is 9.83. The largest absolute Gasteiger partial charge is 0.317 e. The van der Waals surface area contributed by atoms with E-state index in [0.29, 0.717) is 17.7 Å². The molecular weight excluding hydrogens is 150 g/mol. The van der Waals surface area contributed by atoms with Crippen molar-refractivity contribution in [3.05, 3.63) is 0 Å². The Morgan fingerprint density at radius 3 is 2.33 bits per heavy atom. The standard InChI is InChI=1S/C10H19NO/c1-8(12)7-9-3-5-10(11-2)6-4-9/h9-11H,3-7H2,1-2H3. The van der Waals surface area contributed by atoms with Gasteiger partial charge in [0.1, 0.15) is 5.78 Å². The van der Waals surface area contributed by atoms with Crippen molar-refractivity contribution in [2.24, 2.45) is 5.92 Å². The second-order valence-corrected chi connectivity index (χ2v) is 3.91. The lowest BCUT2D eigenvalue weighted by Gasteiger charge is -2.27. The van der Waals surface area contributed by atoms with Crippen LogP contribution in [0.15, 0.2) is 0 Å². The summed E-state index contributed by atoms with van der Waals surface area (Å²) in [6.45, 7) is 1.70. The number of carbonyl (C=O) groups is 1. The quantitative estimate of drug-likeness (QED) is 0.697. The van der Waals surface area contributed by atoms with Crippen molar-refractivity contribution >= 4 is 5.78 Å². The minimum Gasteiger partial charge on any atom is -0.317 e. The normalized spacial score (nSPS) is 30.2. The summed E-state index contributed by atoms with van der Waals surface area (Å²) in [4.78, 5) is 10.8. The van der Waals surface area contributed by atoms with Crippen LogP contribution in [-0.4, -0.2) is 18.9 Å². The van der Waals surface area contributed by atoms with E-state index in [-0.39, 0.29) is 0 Å². The summed E-state index contributed by atoms with van der Waals surface area (Å²) in [5, 5.41) is 3.29. The van der Waals surface area contributed by atoms with E-state index in [2.05, 4.69) is 5.32 Å². The molecule has 1 aliphatic carbocycles. The van der Waals surface area contributed by atoms with Gasteiger partial charge in [-0.1, -0.05) is 0 Å². The monoisotopic (exact) mass is 169 g/mol. The molecule has 0 amide bonds. The van der Waals surface area contributed by atoms with Gasteiger partial charge in [-0.2, -0.15) is 0 Å². The van der Waals surface area contributed by atoms with E-state index >= 15 is 0 Å². The van der Waals surface area contributed by atoms with Crippen LogP contribution in [0.3, 0.4) is 0 Å². The molecule has 0 radical (unpaired) electrons. The van der Waals surface area contributed by atoms with Crippen molar-refractivity contribution in [3.8, 4) is 0 Å². The van der Waals surface area contributed by atoms with Crippen LogP contribution in [0.2, 0.25) is 0 Å². The number of Topliss-reactive ketones (excluding diaryl/α,β-unsaturated/α-hetero) is 1. The number of hydrogen-bond donors (Lipinski definition) is 1. The zero-order chi connectivity index (χ0) is 8.97. The second-order valence-electron chi connectivity index (χ2n) is 3.91. The van der Waals surface area contributed by atoms with Gasteiger partial charge in [0.05, 0.1) is 0 Å². The Hall–Kier alpha value is -0.370. The van der Waals surface area contributed by atoms with E-state index in [1.54, 1.807) is 6.92 Å². The van der Waals surface area contributed by atoms with E-state index in [4.69, 9.17) is 0 Å². The predicted octanol–water partition coefficient (Wildman–Crippen LogP) is 1.74. The maximum atomic E-state index is 10.8. The molecule has 1 aliphatic rings. The molecule has 1 N–H and O–H groups in total. The van der Waals surface area contributed by atoms with Crippen LogP contribution in [0.1, 0.15) is 39.0 Å². The highest BCUT2D eigenvalue weighted by Crippen LogP contribution is 2.26. The summed E-state index contributed by atoms with van der Waals surface area (Å²) in [7, 11) is 2.02. The third-order valence-electron chi connectivity index (χ3n) is 2.83. The van der Waals surface area contributed by atoms with Crippen LogP contribution in [0.4, 0.5) is 0 Å². The highest BCUT2D eigenvalue weighted by atomic mass is 16.1. The van der Waals surface area contributed by atoms with Gasteiger partial charge in [-0.15, -0.1) is 0 Å². The fourth-order valence-electron chi connectivity index (χ4n) is 2.06. The number of rotatable bonds is 3. The summed E-state index contributed by atoms with van der Waals surface area (Å²) in [5.41, 5.74) is 0. The minimum atomic E-state index is 0.350. The van der Waals surface area contributed by atoms with E-state index < -0.39 is 0 Å². The van der Waals surface area contributed by atoms with Crippen LogP contribution < -0.4 is 5.32 Å². The molecule has 0 aromatic heterocycles. The number of nitrogens with one attached hydrogen (secondary N) is 1. The summed E-state index contributed by atoms with van der Waals surface area (Å²) in [6, 6.07) is 0.702. The molecule has 2 nitrogen and oxygen atoms in total. The first-order chi connectivity index (χ1) is 5.72. The fourth-order valence-corrected chi connectivity index (χ4v) is 2.06. The zero-order valence-corrected chi connectivity index (χ0v) is 8.10. The smallest absolute Gasteiger partial charge is 0.130 e. The average molecular weight is 169 g/mol. The molecule has 1 fully saturated rings. The fraction of sp³-hybridized carbons (Fsp3) is 0.900. The SMILES string of the molecule is CNC1CCC(CC(C)=O)CC1. The Balaban J connectivity index is 2.21. The van der Waals surface area contributed by atoms with Crippen LogP contribution in [0.5, 0.6) is 0 Å². The van der Waals surface area contributed by atoms with Crippen LogP contribution >= 0.6 is 0 Å². The molecule has 0 bridgehead atoms. The van der Waals surface area contributed by atoms with E-state index in [1.165, 1.54) is 25.7 Å². The summed E-state index contributed by atoms with van der Waals surface area (Å²) in [5.74, 6) is 1.02. The first-order valence-electron chi connectivity index (χ1n) is 4.89. The number of ketones is 1. The molecule has 2 heteroatoms. The second kappa shape index (κ2) is 4.61. The Kier molecular flexibility index (Phi) is 3.73. The van der Waals surface area contributed by atoms with Gasteiger partial charge in [0.2, 0.25) is 0 Å². The molecule has 0 spiro atoms. The van der Waals surface area contributed by atoms with E-state index in [1.807, 2.05) is 7.05 Å². The highest BCUT2D eigenvalue weighted by molar-refractivity contribution is 5.75. The van der Waals surface area contributed by atoms with Crippen molar-refractivity contribution in [2.75, 3.05) is 7.05 Å². The number of carbonyl (C=O) groups excluding carboxylic acids is 1. The molecule has 0 heterocycles. The Morgan fingerprint density at radius 1 is 1.33 bits per heavy atom. The van der Waals surface area contributed by atoms with Gasteiger partial charge < -0.3 is 10.1 Å². The predicted molar refractivity (Wildman–Crippen MR) is 50.1 cm³/mol. The molecule has 0 aromatic carbocycles. The van der Waals surface area contributed by atoms with Crippen LogP contribution in [0, 0.1) is 5.92 Å². The van der Waals surface area contributed by atoms with Crippen LogP contribution in [-0.2, 0) is 4.79 Å². The molecule has 0 saturated heterocycles. The van der Waals surface area contributed by atoms with Gasteiger partial charge in [-0.25, -0.2) is 0 Å². The highest BCUT2D eigenvalue weighted by Gasteiger charge is 2.20. The van der Waals surface area contributed by atoms with Crippen molar-refractivity contribution < 1.29 is 4.79 Å². The minimum absolute atomic E-state index is 0.350. The first-order valence-corrected chi connectivity index (χ1v) is 4.89. The third kappa shape index (κ3) is 2.94. The number of hydrogen-bond acceptors (Lipinski definition) is 2. The molecular formula is C10H19NO. The molecule has 12 heavy (non-hydrogen) atoms. The van der Waals surface area contributed by atoms with Crippen LogP contribution in [0.25, 0.3) is 0 Å². The van der Waals surface area contributed by atoms with E-state index in [9.17, 15) is 4.79 Å². The Labute approximate surface area is 74.7 Å². The van der Waals surface area contributed by atoms with Gasteiger partial charge in [0.15, 0.2) is 0 Å². The van der Waals surface area contributed by atoms with Crippen molar-refractivity contribution in [1.82, 2.24) is 5.32 Å². The van der Waals surface area contributed by atoms with Crippen molar-refractivity contribution in [3.63, 3.8) is 0 Å². The maximum Gasteiger partial charge on any atom is 0.130 e. The third-order valence-corrected chi connectivity index (χ3v) is 2.83. The molecule has 0 aliphatic heterocycles. The summed E-state index contributed by atoms with van der Waals surface area (Å²) < 4.78 is 0.